The Morgan fingerprint density at radius 1 is 1.19 bits per heavy atom. The van der Waals surface area contributed by atoms with Gasteiger partial charge >= 0.3 is 0 Å². The van der Waals surface area contributed by atoms with Crippen LogP contribution in [0, 0.1) is 0 Å². The highest BCUT2D eigenvalue weighted by molar-refractivity contribution is 7.99. The number of anilines is 1. The molecule has 138 valence electrons. The van der Waals surface area contributed by atoms with Crippen LogP contribution in [0.25, 0.3) is 11.4 Å². The van der Waals surface area contributed by atoms with E-state index in [1.807, 2.05) is 0 Å². The molecule has 0 fully saturated rings. The number of carbonyl (C=O) groups is 1. The highest BCUT2D eigenvalue weighted by Gasteiger charge is 2.15. The van der Waals surface area contributed by atoms with E-state index in [2.05, 4.69) is 20.5 Å². The first-order chi connectivity index (χ1) is 13.1. The Hall–Kier alpha value is -2.42. The Kier molecular flexibility index (Phi) is 5.11. The van der Waals surface area contributed by atoms with Gasteiger partial charge in [0, 0.05) is 22.3 Å². The largest absolute Gasteiger partial charge is 0.454 e. The predicted octanol–water partition coefficient (Wildman–Crippen LogP) is 4.24. The summed E-state index contributed by atoms with van der Waals surface area (Å²) in [5.41, 5.74) is 1.32. The Morgan fingerprint density at radius 2 is 2.04 bits per heavy atom. The molecule has 0 radical (unpaired) electrons. The lowest BCUT2D eigenvalue weighted by Crippen LogP contribution is -2.14. The Bertz CT molecular complexity index is 1010. The first-order valence-electron chi connectivity index (χ1n) is 7.78. The van der Waals surface area contributed by atoms with Gasteiger partial charge in [-0.25, -0.2) is 4.98 Å². The van der Waals surface area contributed by atoms with Crippen LogP contribution in [0.3, 0.4) is 0 Å². The van der Waals surface area contributed by atoms with E-state index in [1.54, 1.807) is 36.4 Å². The number of rotatable bonds is 5. The standard InChI is InChI=1S/C17H12Cl2N4O3S/c18-9-1-3-11(12(19)5-9)16-21-17(23-22-16)27-7-15(24)20-10-2-4-13-14(6-10)26-8-25-13/h1-6H,7-8H2,(H,20,24)(H,21,22,23). The van der Waals surface area contributed by atoms with Crippen LogP contribution in [0.1, 0.15) is 0 Å². The maximum Gasteiger partial charge on any atom is 0.234 e. The van der Waals surface area contributed by atoms with E-state index in [0.717, 1.165) is 0 Å². The molecule has 1 aliphatic rings. The van der Waals surface area contributed by atoms with Gasteiger partial charge in [0.1, 0.15) is 0 Å². The number of halogens is 2. The van der Waals surface area contributed by atoms with Crippen molar-refractivity contribution in [3.05, 3.63) is 46.4 Å². The lowest BCUT2D eigenvalue weighted by Gasteiger charge is -2.05. The summed E-state index contributed by atoms with van der Waals surface area (Å²) in [6.07, 6.45) is 0. The number of nitrogens with one attached hydrogen (secondary N) is 2. The minimum Gasteiger partial charge on any atom is -0.454 e. The van der Waals surface area contributed by atoms with E-state index in [9.17, 15) is 4.79 Å². The molecule has 0 atom stereocenters. The smallest absolute Gasteiger partial charge is 0.234 e. The van der Waals surface area contributed by atoms with Crippen molar-refractivity contribution in [2.75, 3.05) is 17.9 Å². The summed E-state index contributed by atoms with van der Waals surface area (Å²) in [4.78, 5) is 16.5. The SMILES string of the molecule is O=C(CSc1n[nH]c(-c2ccc(Cl)cc2Cl)n1)Nc1ccc2c(c1)OCO2. The second-order valence-electron chi connectivity index (χ2n) is 5.50. The Morgan fingerprint density at radius 3 is 2.89 bits per heavy atom. The summed E-state index contributed by atoms with van der Waals surface area (Å²) in [5, 5.41) is 11.2. The van der Waals surface area contributed by atoms with Crippen LogP contribution >= 0.6 is 35.0 Å². The van der Waals surface area contributed by atoms with Gasteiger partial charge in [0.25, 0.3) is 0 Å². The van der Waals surface area contributed by atoms with Crippen molar-refractivity contribution in [1.29, 1.82) is 0 Å². The van der Waals surface area contributed by atoms with Crippen molar-refractivity contribution in [3.8, 4) is 22.9 Å². The molecule has 0 aliphatic carbocycles. The molecule has 1 aromatic heterocycles. The molecule has 1 aliphatic heterocycles. The molecule has 0 saturated carbocycles. The van der Waals surface area contributed by atoms with Crippen LogP contribution in [0.15, 0.2) is 41.6 Å². The zero-order chi connectivity index (χ0) is 18.8. The fraction of sp³-hybridized carbons (Fsp3) is 0.118. The van der Waals surface area contributed by atoms with Gasteiger partial charge in [-0.05, 0) is 30.3 Å². The van der Waals surface area contributed by atoms with E-state index in [0.29, 0.717) is 43.8 Å². The van der Waals surface area contributed by atoms with Gasteiger partial charge in [-0.15, -0.1) is 5.10 Å². The highest BCUT2D eigenvalue weighted by atomic mass is 35.5. The molecule has 0 spiro atoms. The fourth-order valence-electron chi connectivity index (χ4n) is 2.41. The molecule has 3 aromatic rings. The average molecular weight is 423 g/mol. The molecule has 0 unspecified atom stereocenters. The summed E-state index contributed by atoms with van der Waals surface area (Å²) >= 11 is 13.3. The van der Waals surface area contributed by atoms with Gasteiger partial charge in [-0.2, -0.15) is 0 Å². The number of hydrogen-bond acceptors (Lipinski definition) is 6. The molecule has 2 heterocycles. The summed E-state index contributed by atoms with van der Waals surface area (Å²) in [5.74, 6) is 1.75. The number of aromatic nitrogens is 3. The lowest BCUT2D eigenvalue weighted by atomic mass is 10.2. The first kappa shape index (κ1) is 18.0. The number of H-pyrrole nitrogens is 1. The number of nitrogens with zero attached hydrogens (tertiary/aromatic N) is 2. The summed E-state index contributed by atoms with van der Waals surface area (Å²) in [7, 11) is 0. The maximum absolute atomic E-state index is 12.1. The molecule has 27 heavy (non-hydrogen) atoms. The number of ether oxygens (including phenoxy) is 2. The minimum atomic E-state index is -0.185. The summed E-state index contributed by atoms with van der Waals surface area (Å²) in [6, 6.07) is 10.3. The molecule has 1 amide bonds. The number of thioether (sulfide) groups is 1. The number of carbonyl (C=O) groups excluding carboxylic acids is 1. The lowest BCUT2D eigenvalue weighted by molar-refractivity contribution is -0.113. The average Bonchev–Trinajstić information content (AvgIpc) is 3.28. The number of fused-ring (bicyclic) bond motifs is 1. The van der Waals surface area contributed by atoms with E-state index >= 15 is 0 Å². The van der Waals surface area contributed by atoms with Crippen LogP contribution in [-0.4, -0.2) is 33.6 Å². The Labute approximate surface area is 168 Å². The molecule has 7 nitrogen and oxygen atoms in total. The number of aromatic amines is 1. The normalized spacial score (nSPS) is 12.2. The van der Waals surface area contributed by atoms with E-state index < -0.39 is 0 Å². The predicted molar refractivity (Wildman–Crippen MR) is 104 cm³/mol. The van der Waals surface area contributed by atoms with Crippen molar-refractivity contribution < 1.29 is 14.3 Å². The third-order valence-corrected chi connectivity index (χ3v) is 5.03. The first-order valence-corrected chi connectivity index (χ1v) is 9.53. The van der Waals surface area contributed by atoms with E-state index in [-0.39, 0.29) is 18.5 Å². The number of benzene rings is 2. The zero-order valence-corrected chi connectivity index (χ0v) is 16.0. The monoisotopic (exact) mass is 422 g/mol. The van der Waals surface area contributed by atoms with Gasteiger partial charge in [-0.3, -0.25) is 9.89 Å². The topological polar surface area (TPSA) is 89.1 Å². The van der Waals surface area contributed by atoms with Crippen LogP contribution < -0.4 is 14.8 Å². The third-order valence-electron chi connectivity index (χ3n) is 3.64. The van der Waals surface area contributed by atoms with Crippen LogP contribution in [0.4, 0.5) is 5.69 Å². The number of amides is 1. The van der Waals surface area contributed by atoms with Gasteiger partial charge in [-0.1, -0.05) is 35.0 Å². The molecule has 10 heteroatoms. The summed E-state index contributed by atoms with van der Waals surface area (Å²) in [6.45, 7) is 0.188. The van der Waals surface area contributed by atoms with Gasteiger partial charge < -0.3 is 14.8 Å². The van der Waals surface area contributed by atoms with E-state index in [4.69, 9.17) is 32.7 Å². The zero-order valence-electron chi connectivity index (χ0n) is 13.7. The van der Waals surface area contributed by atoms with Crippen molar-refractivity contribution in [2.45, 2.75) is 5.16 Å². The second kappa shape index (κ2) is 7.67. The molecule has 2 aromatic carbocycles. The summed E-state index contributed by atoms with van der Waals surface area (Å²) < 4.78 is 10.5. The Balaban J connectivity index is 1.36. The van der Waals surface area contributed by atoms with Gasteiger partial charge in [0.15, 0.2) is 17.3 Å². The molecular weight excluding hydrogens is 411 g/mol. The number of hydrogen-bond donors (Lipinski definition) is 2. The maximum atomic E-state index is 12.1. The van der Waals surface area contributed by atoms with Crippen LogP contribution in [-0.2, 0) is 4.79 Å². The quantitative estimate of drug-likeness (QED) is 0.597. The molecule has 0 saturated heterocycles. The highest BCUT2D eigenvalue weighted by Crippen LogP contribution is 2.34. The van der Waals surface area contributed by atoms with Crippen molar-refractivity contribution in [1.82, 2.24) is 15.2 Å². The third kappa shape index (κ3) is 4.13. The fourth-order valence-corrected chi connectivity index (χ4v) is 3.51. The van der Waals surface area contributed by atoms with Crippen molar-refractivity contribution >= 4 is 46.6 Å². The molecule has 0 bridgehead atoms. The van der Waals surface area contributed by atoms with Crippen molar-refractivity contribution in [3.63, 3.8) is 0 Å². The minimum absolute atomic E-state index is 0.153. The molecule has 2 N–H and O–H groups in total. The van der Waals surface area contributed by atoms with Crippen LogP contribution in [0.5, 0.6) is 11.5 Å². The van der Waals surface area contributed by atoms with Gasteiger partial charge in [0.05, 0.1) is 10.8 Å². The second-order valence-corrected chi connectivity index (χ2v) is 7.28. The van der Waals surface area contributed by atoms with E-state index in [1.165, 1.54) is 11.8 Å². The molecule has 4 rings (SSSR count). The van der Waals surface area contributed by atoms with Gasteiger partial charge in [0.2, 0.25) is 17.9 Å². The van der Waals surface area contributed by atoms with Crippen molar-refractivity contribution in [2.24, 2.45) is 0 Å². The molecular formula is C17H12Cl2N4O3S. The van der Waals surface area contributed by atoms with Crippen LogP contribution in [0.2, 0.25) is 10.0 Å².